The van der Waals surface area contributed by atoms with Crippen LogP contribution in [0.1, 0.15) is 48.5 Å². The van der Waals surface area contributed by atoms with E-state index in [4.69, 9.17) is 0 Å². The number of fused-ring (bicyclic) bond motifs is 1. The summed E-state index contributed by atoms with van der Waals surface area (Å²) in [6.45, 7) is 2.95. The van der Waals surface area contributed by atoms with Crippen molar-refractivity contribution >= 4 is 0 Å². The highest BCUT2D eigenvalue weighted by Gasteiger charge is 2.30. The summed E-state index contributed by atoms with van der Waals surface area (Å²) in [5, 5.41) is 4.41. The third-order valence-corrected chi connectivity index (χ3v) is 3.81. The number of aryl methyl sites for hydroxylation is 1. The Morgan fingerprint density at radius 3 is 2.86 bits per heavy atom. The van der Waals surface area contributed by atoms with Crippen LogP contribution in [-0.2, 0) is 19.1 Å². The van der Waals surface area contributed by atoms with E-state index in [1.54, 1.807) is 6.07 Å². The van der Waals surface area contributed by atoms with Crippen molar-refractivity contribution in [1.82, 2.24) is 14.8 Å². The molecule has 0 aliphatic carbocycles. The summed E-state index contributed by atoms with van der Waals surface area (Å²) in [5.74, 6) is 1.91. The molecule has 2 heterocycles. The van der Waals surface area contributed by atoms with E-state index in [0.29, 0.717) is 23.7 Å². The van der Waals surface area contributed by atoms with Crippen LogP contribution in [0.15, 0.2) is 24.3 Å². The third-order valence-electron chi connectivity index (χ3n) is 3.81. The molecule has 1 atom stereocenters. The zero-order valence-electron chi connectivity index (χ0n) is 11.7. The molecule has 112 valence electrons. The van der Waals surface area contributed by atoms with E-state index >= 15 is 0 Å². The Morgan fingerprint density at radius 1 is 1.33 bits per heavy atom. The minimum atomic E-state index is -4.31. The van der Waals surface area contributed by atoms with E-state index < -0.39 is 11.7 Å². The second kappa shape index (κ2) is 5.16. The SMILES string of the molecule is CC1CCCn2nc(Cc3cccc(C(F)(F)F)c3)nc21. The summed E-state index contributed by atoms with van der Waals surface area (Å²) in [4.78, 5) is 4.49. The number of nitrogens with zero attached hydrogens (tertiary/aromatic N) is 3. The summed E-state index contributed by atoms with van der Waals surface area (Å²) in [5.41, 5.74) is -0.0437. The number of halogens is 3. The van der Waals surface area contributed by atoms with Crippen LogP contribution in [0.4, 0.5) is 13.2 Å². The summed E-state index contributed by atoms with van der Waals surface area (Å²) in [6.07, 6.45) is -1.83. The summed E-state index contributed by atoms with van der Waals surface area (Å²) in [7, 11) is 0. The Kier molecular flexibility index (Phi) is 3.47. The van der Waals surface area contributed by atoms with Gasteiger partial charge in [0.1, 0.15) is 5.82 Å². The van der Waals surface area contributed by atoms with Gasteiger partial charge in [0.05, 0.1) is 5.56 Å². The summed E-state index contributed by atoms with van der Waals surface area (Å²) >= 11 is 0. The van der Waals surface area contributed by atoms with Gasteiger partial charge in [-0.3, -0.25) is 0 Å². The lowest BCUT2D eigenvalue weighted by Gasteiger charge is -2.17. The van der Waals surface area contributed by atoms with Crippen LogP contribution in [-0.4, -0.2) is 14.8 Å². The molecule has 0 saturated heterocycles. The van der Waals surface area contributed by atoms with Crippen LogP contribution in [0.2, 0.25) is 0 Å². The molecular weight excluding hydrogens is 279 g/mol. The average molecular weight is 295 g/mol. The van der Waals surface area contributed by atoms with Crippen molar-refractivity contribution in [2.24, 2.45) is 0 Å². The molecule has 0 N–H and O–H groups in total. The van der Waals surface area contributed by atoms with E-state index in [1.165, 1.54) is 12.1 Å². The third kappa shape index (κ3) is 2.94. The highest BCUT2D eigenvalue weighted by molar-refractivity contribution is 5.27. The zero-order chi connectivity index (χ0) is 15.0. The Hall–Kier alpha value is -1.85. The van der Waals surface area contributed by atoms with E-state index in [0.717, 1.165) is 31.3 Å². The Bertz CT molecular complexity index is 646. The maximum absolute atomic E-state index is 12.7. The molecule has 21 heavy (non-hydrogen) atoms. The molecule has 0 radical (unpaired) electrons. The van der Waals surface area contributed by atoms with Gasteiger partial charge in [-0.2, -0.15) is 18.3 Å². The van der Waals surface area contributed by atoms with E-state index in [1.807, 2.05) is 4.68 Å². The van der Waals surface area contributed by atoms with Gasteiger partial charge < -0.3 is 0 Å². The van der Waals surface area contributed by atoms with Crippen molar-refractivity contribution in [3.8, 4) is 0 Å². The van der Waals surface area contributed by atoms with Gasteiger partial charge in [0, 0.05) is 18.9 Å². The van der Waals surface area contributed by atoms with Crippen LogP contribution < -0.4 is 0 Å². The van der Waals surface area contributed by atoms with Crippen molar-refractivity contribution in [2.75, 3.05) is 0 Å². The number of hydrogen-bond donors (Lipinski definition) is 0. The molecule has 0 amide bonds. The fourth-order valence-electron chi connectivity index (χ4n) is 2.72. The number of benzene rings is 1. The highest BCUT2D eigenvalue weighted by atomic mass is 19.4. The molecule has 3 rings (SSSR count). The number of rotatable bonds is 2. The number of aromatic nitrogens is 3. The van der Waals surface area contributed by atoms with Crippen LogP contribution in [0.25, 0.3) is 0 Å². The first-order chi connectivity index (χ1) is 9.93. The molecule has 0 fully saturated rings. The summed E-state index contributed by atoms with van der Waals surface area (Å²) in [6, 6.07) is 5.36. The van der Waals surface area contributed by atoms with Crippen LogP contribution in [0, 0.1) is 0 Å². The zero-order valence-corrected chi connectivity index (χ0v) is 11.7. The van der Waals surface area contributed by atoms with Gasteiger partial charge in [0.25, 0.3) is 0 Å². The maximum atomic E-state index is 12.7. The predicted octanol–water partition coefficient (Wildman–Crippen LogP) is 3.79. The van der Waals surface area contributed by atoms with Gasteiger partial charge in [0.15, 0.2) is 5.82 Å². The summed E-state index contributed by atoms with van der Waals surface area (Å²) < 4.78 is 40.0. The molecule has 3 nitrogen and oxygen atoms in total. The molecule has 6 heteroatoms. The number of alkyl halides is 3. The molecule has 0 bridgehead atoms. The first-order valence-corrected chi connectivity index (χ1v) is 7.03. The Morgan fingerprint density at radius 2 is 2.14 bits per heavy atom. The highest BCUT2D eigenvalue weighted by Crippen LogP contribution is 2.30. The lowest BCUT2D eigenvalue weighted by molar-refractivity contribution is -0.137. The first kappa shape index (κ1) is 14.1. The fraction of sp³-hybridized carbons (Fsp3) is 0.467. The van der Waals surface area contributed by atoms with Crippen LogP contribution in [0.3, 0.4) is 0 Å². The molecule has 1 aliphatic heterocycles. The van der Waals surface area contributed by atoms with E-state index in [2.05, 4.69) is 17.0 Å². The monoisotopic (exact) mass is 295 g/mol. The van der Waals surface area contributed by atoms with Gasteiger partial charge in [-0.15, -0.1) is 0 Å². The van der Waals surface area contributed by atoms with Crippen molar-refractivity contribution in [3.63, 3.8) is 0 Å². The van der Waals surface area contributed by atoms with Crippen molar-refractivity contribution in [2.45, 2.75) is 44.8 Å². The minimum absolute atomic E-state index is 0.330. The lowest BCUT2D eigenvalue weighted by atomic mass is 10.0. The lowest BCUT2D eigenvalue weighted by Crippen LogP contribution is -2.14. The van der Waals surface area contributed by atoms with E-state index in [-0.39, 0.29) is 0 Å². The van der Waals surface area contributed by atoms with Gasteiger partial charge in [0.2, 0.25) is 0 Å². The molecule has 1 unspecified atom stereocenters. The topological polar surface area (TPSA) is 30.7 Å². The second-order valence-electron chi connectivity index (χ2n) is 5.53. The quantitative estimate of drug-likeness (QED) is 0.844. The van der Waals surface area contributed by atoms with Gasteiger partial charge in [-0.05, 0) is 24.5 Å². The predicted molar refractivity (Wildman–Crippen MR) is 71.9 cm³/mol. The minimum Gasteiger partial charge on any atom is -0.250 e. The van der Waals surface area contributed by atoms with Crippen LogP contribution in [0.5, 0.6) is 0 Å². The molecule has 2 aromatic rings. The first-order valence-electron chi connectivity index (χ1n) is 7.03. The van der Waals surface area contributed by atoms with Gasteiger partial charge >= 0.3 is 6.18 Å². The Balaban J connectivity index is 1.84. The molecule has 0 saturated carbocycles. The Labute approximate surface area is 120 Å². The van der Waals surface area contributed by atoms with E-state index in [9.17, 15) is 13.2 Å². The fourth-order valence-corrected chi connectivity index (χ4v) is 2.72. The van der Waals surface area contributed by atoms with Crippen LogP contribution >= 0.6 is 0 Å². The van der Waals surface area contributed by atoms with Gasteiger partial charge in [-0.25, -0.2) is 9.67 Å². The van der Waals surface area contributed by atoms with Gasteiger partial charge in [-0.1, -0.05) is 25.1 Å². The molecular formula is C15H16F3N3. The molecule has 1 aromatic carbocycles. The molecule has 1 aliphatic rings. The maximum Gasteiger partial charge on any atom is 0.416 e. The number of hydrogen-bond acceptors (Lipinski definition) is 2. The van der Waals surface area contributed by atoms with Crippen molar-refractivity contribution in [3.05, 3.63) is 47.0 Å². The van der Waals surface area contributed by atoms with Crippen molar-refractivity contribution in [1.29, 1.82) is 0 Å². The smallest absolute Gasteiger partial charge is 0.250 e. The molecule has 1 aromatic heterocycles. The second-order valence-corrected chi connectivity index (χ2v) is 5.53. The largest absolute Gasteiger partial charge is 0.416 e. The normalized spacial score (nSPS) is 18.6. The standard InChI is InChI=1S/C15H16F3N3/c1-10-4-3-7-21-14(10)19-13(20-21)9-11-5-2-6-12(8-11)15(16,17)18/h2,5-6,8,10H,3-4,7,9H2,1H3. The average Bonchev–Trinajstić information content (AvgIpc) is 2.82. The molecule has 0 spiro atoms. The van der Waals surface area contributed by atoms with Crippen molar-refractivity contribution < 1.29 is 13.2 Å².